The summed E-state index contributed by atoms with van der Waals surface area (Å²) in [6.45, 7) is 2.00. The molecule has 4 nitrogen and oxygen atoms in total. The highest BCUT2D eigenvalue weighted by Crippen LogP contribution is 2.17. The molecule has 0 unspecified atom stereocenters. The lowest BCUT2D eigenvalue weighted by Crippen LogP contribution is -2.14. The average molecular weight is 239 g/mol. The molecule has 18 heavy (non-hydrogen) atoms. The molecule has 3 rings (SSSR count). The predicted octanol–water partition coefficient (Wildman–Crippen LogP) is 2.21. The molecule has 0 saturated carbocycles. The molecule has 0 spiro atoms. The summed E-state index contributed by atoms with van der Waals surface area (Å²) in [4.78, 5) is 14.9. The normalized spacial score (nSPS) is 10.9. The summed E-state index contributed by atoms with van der Waals surface area (Å²) in [5, 5.41) is 0. The van der Waals surface area contributed by atoms with Gasteiger partial charge < -0.3 is 10.7 Å². The number of rotatable bonds is 1. The number of H-pyrrole nitrogens is 1. The molecule has 1 aromatic heterocycles. The van der Waals surface area contributed by atoms with Gasteiger partial charge in [-0.25, -0.2) is 4.79 Å². The highest BCUT2D eigenvalue weighted by molar-refractivity contribution is 5.78. The number of anilines is 1. The largest absolute Gasteiger partial charge is 0.399 e. The maximum Gasteiger partial charge on any atom is 0.331 e. The Bertz CT molecular complexity index is 766. The van der Waals surface area contributed by atoms with Gasteiger partial charge in [0.05, 0.1) is 16.7 Å². The first kappa shape index (κ1) is 10.7. The second-order valence-electron chi connectivity index (χ2n) is 4.38. The molecule has 2 aromatic carbocycles. The lowest BCUT2D eigenvalue weighted by Gasteiger charge is -2.04. The van der Waals surface area contributed by atoms with Gasteiger partial charge in [0.25, 0.3) is 0 Å². The van der Waals surface area contributed by atoms with E-state index in [2.05, 4.69) is 4.98 Å². The highest BCUT2D eigenvalue weighted by atomic mass is 16.1. The van der Waals surface area contributed by atoms with Gasteiger partial charge in [-0.15, -0.1) is 0 Å². The van der Waals surface area contributed by atoms with Crippen LogP contribution in [0.1, 0.15) is 5.56 Å². The summed E-state index contributed by atoms with van der Waals surface area (Å²) in [7, 11) is 0. The number of nitrogens with zero attached hydrogens (tertiary/aromatic N) is 1. The van der Waals surface area contributed by atoms with Crippen molar-refractivity contribution in [3.63, 3.8) is 0 Å². The molecule has 0 amide bonds. The molecule has 0 aliphatic heterocycles. The average Bonchev–Trinajstić information content (AvgIpc) is 2.66. The minimum absolute atomic E-state index is 0.139. The number of fused-ring (bicyclic) bond motifs is 1. The van der Waals surface area contributed by atoms with Crippen LogP contribution in [0, 0.1) is 6.92 Å². The SMILES string of the molecule is Cc1ccc2[nH]c(=O)n(-c3ccc(N)cc3)c2c1. The number of benzene rings is 2. The molecule has 0 saturated heterocycles. The molecule has 3 N–H and O–H groups in total. The van der Waals surface area contributed by atoms with E-state index in [9.17, 15) is 4.79 Å². The van der Waals surface area contributed by atoms with Gasteiger partial charge in [0.2, 0.25) is 0 Å². The molecule has 0 atom stereocenters. The Morgan fingerprint density at radius 3 is 2.56 bits per heavy atom. The van der Waals surface area contributed by atoms with E-state index in [1.807, 2.05) is 37.3 Å². The third kappa shape index (κ3) is 1.59. The molecule has 0 radical (unpaired) electrons. The lowest BCUT2D eigenvalue weighted by atomic mass is 10.2. The molecule has 3 aromatic rings. The molecule has 0 aliphatic rings. The molecule has 90 valence electrons. The summed E-state index contributed by atoms with van der Waals surface area (Å²) in [5.74, 6) is 0. The van der Waals surface area contributed by atoms with Crippen LogP contribution < -0.4 is 11.4 Å². The van der Waals surface area contributed by atoms with E-state index in [1.165, 1.54) is 0 Å². The van der Waals surface area contributed by atoms with E-state index in [0.717, 1.165) is 22.3 Å². The molecule has 0 aliphatic carbocycles. The minimum atomic E-state index is -0.139. The van der Waals surface area contributed by atoms with E-state index >= 15 is 0 Å². The van der Waals surface area contributed by atoms with E-state index < -0.39 is 0 Å². The van der Waals surface area contributed by atoms with Crippen LogP contribution in [-0.2, 0) is 0 Å². The van der Waals surface area contributed by atoms with Crippen LogP contribution in [0.15, 0.2) is 47.3 Å². The number of aryl methyl sites for hydroxylation is 1. The van der Waals surface area contributed by atoms with Crippen molar-refractivity contribution in [3.8, 4) is 5.69 Å². The maximum absolute atomic E-state index is 12.0. The third-order valence-electron chi connectivity index (χ3n) is 2.99. The summed E-state index contributed by atoms with van der Waals surface area (Å²) < 4.78 is 1.65. The van der Waals surface area contributed by atoms with Crippen molar-refractivity contribution in [2.24, 2.45) is 0 Å². The van der Waals surface area contributed by atoms with Crippen LogP contribution >= 0.6 is 0 Å². The lowest BCUT2D eigenvalue weighted by molar-refractivity contribution is 1.02. The van der Waals surface area contributed by atoms with Crippen molar-refractivity contribution < 1.29 is 0 Å². The molecular weight excluding hydrogens is 226 g/mol. The monoisotopic (exact) mass is 239 g/mol. The van der Waals surface area contributed by atoms with Gasteiger partial charge in [0.15, 0.2) is 0 Å². The molecule has 4 heteroatoms. The number of nitrogens with two attached hydrogens (primary N) is 1. The first-order chi connectivity index (χ1) is 8.65. The fourth-order valence-electron chi connectivity index (χ4n) is 2.09. The number of hydrogen-bond donors (Lipinski definition) is 2. The van der Waals surface area contributed by atoms with Crippen molar-refractivity contribution in [2.75, 3.05) is 5.73 Å². The van der Waals surface area contributed by atoms with Gasteiger partial charge in [-0.1, -0.05) is 6.07 Å². The molecule has 0 bridgehead atoms. The van der Waals surface area contributed by atoms with Crippen molar-refractivity contribution in [1.82, 2.24) is 9.55 Å². The van der Waals surface area contributed by atoms with Gasteiger partial charge in [-0.3, -0.25) is 4.57 Å². The van der Waals surface area contributed by atoms with Gasteiger partial charge in [0, 0.05) is 5.69 Å². The van der Waals surface area contributed by atoms with Crippen molar-refractivity contribution in [3.05, 3.63) is 58.5 Å². The van der Waals surface area contributed by atoms with Crippen LogP contribution in [0.25, 0.3) is 16.7 Å². The van der Waals surface area contributed by atoms with E-state index in [4.69, 9.17) is 5.73 Å². The van der Waals surface area contributed by atoms with E-state index in [-0.39, 0.29) is 5.69 Å². The van der Waals surface area contributed by atoms with Crippen LogP contribution in [0.5, 0.6) is 0 Å². The number of nitrogens with one attached hydrogen (secondary N) is 1. The smallest absolute Gasteiger partial charge is 0.331 e. The molecular formula is C14H13N3O. The number of aromatic nitrogens is 2. The van der Waals surface area contributed by atoms with Crippen LogP contribution in [-0.4, -0.2) is 9.55 Å². The Hall–Kier alpha value is -2.49. The Labute approximate surface area is 104 Å². The molecule has 0 fully saturated rings. The van der Waals surface area contributed by atoms with E-state index in [0.29, 0.717) is 5.69 Å². The Morgan fingerprint density at radius 2 is 1.83 bits per heavy atom. The van der Waals surface area contributed by atoms with Crippen molar-refractivity contribution >= 4 is 16.7 Å². The predicted molar refractivity (Wildman–Crippen MR) is 73.0 cm³/mol. The third-order valence-corrected chi connectivity index (χ3v) is 2.99. The standard InChI is InChI=1S/C14H13N3O/c1-9-2-7-12-13(8-9)17(14(18)16-12)11-5-3-10(15)4-6-11/h2-8H,15H2,1H3,(H,16,18). The number of imidazole rings is 1. The highest BCUT2D eigenvalue weighted by Gasteiger charge is 2.08. The number of hydrogen-bond acceptors (Lipinski definition) is 2. The van der Waals surface area contributed by atoms with Crippen LogP contribution in [0.2, 0.25) is 0 Å². The van der Waals surface area contributed by atoms with Crippen LogP contribution in [0.4, 0.5) is 5.69 Å². The summed E-state index contributed by atoms with van der Waals surface area (Å²) in [6.07, 6.45) is 0. The van der Waals surface area contributed by atoms with E-state index in [1.54, 1.807) is 16.7 Å². The van der Waals surface area contributed by atoms with Gasteiger partial charge in [-0.05, 0) is 48.9 Å². The zero-order valence-electron chi connectivity index (χ0n) is 9.97. The Morgan fingerprint density at radius 1 is 1.11 bits per heavy atom. The van der Waals surface area contributed by atoms with Crippen LogP contribution in [0.3, 0.4) is 0 Å². The molecule has 1 heterocycles. The van der Waals surface area contributed by atoms with Gasteiger partial charge >= 0.3 is 5.69 Å². The Balaban J connectivity index is 2.34. The first-order valence-electron chi connectivity index (χ1n) is 5.72. The number of aromatic amines is 1. The second kappa shape index (κ2) is 3.77. The van der Waals surface area contributed by atoms with Gasteiger partial charge in [0.1, 0.15) is 0 Å². The quantitative estimate of drug-likeness (QED) is 0.639. The fraction of sp³-hybridized carbons (Fsp3) is 0.0714. The van der Waals surface area contributed by atoms with Crippen molar-refractivity contribution in [2.45, 2.75) is 6.92 Å². The maximum atomic E-state index is 12.0. The van der Waals surface area contributed by atoms with Crippen molar-refractivity contribution in [1.29, 1.82) is 0 Å². The zero-order valence-corrected chi connectivity index (χ0v) is 9.97. The fourth-order valence-corrected chi connectivity index (χ4v) is 2.09. The summed E-state index contributed by atoms with van der Waals surface area (Å²) in [5.41, 5.74) is 9.85. The zero-order chi connectivity index (χ0) is 12.7. The van der Waals surface area contributed by atoms with Gasteiger partial charge in [-0.2, -0.15) is 0 Å². The first-order valence-corrected chi connectivity index (χ1v) is 5.72. The Kier molecular flexibility index (Phi) is 2.23. The topological polar surface area (TPSA) is 63.8 Å². The number of nitrogen functional groups attached to an aromatic ring is 1. The summed E-state index contributed by atoms with van der Waals surface area (Å²) >= 11 is 0. The summed E-state index contributed by atoms with van der Waals surface area (Å²) in [6, 6.07) is 13.1. The minimum Gasteiger partial charge on any atom is -0.399 e. The second-order valence-corrected chi connectivity index (χ2v) is 4.38.